The number of nitrogens with one attached hydrogen (secondary N) is 2. The monoisotopic (exact) mass is 308 g/mol. The number of halogens is 2. The Morgan fingerprint density at radius 2 is 2.32 bits per heavy atom. The summed E-state index contributed by atoms with van der Waals surface area (Å²) in [4.78, 5) is -0.455. The average Bonchev–Trinajstić information content (AvgIpc) is 2.41. The summed E-state index contributed by atoms with van der Waals surface area (Å²) in [7, 11) is -3.93. The Morgan fingerprint density at radius 3 is 3.00 bits per heavy atom. The summed E-state index contributed by atoms with van der Waals surface area (Å²) in [6, 6.07) is 3.85. The highest BCUT2D eigenvalue weighted by Gasteiger charge is 2.22. The standard InChI is InChI=1S/C11H14ClFN2O3S/c12-9-2-1-3-10(11(9)13)19(16,17)15-7-8-6-14-4-5-18-8/h1-3,8,14-15H,4-7H2. The van der Waals surface area contributed by atoms with Gasteiger partial charge in [0.05, 0.1) is 17.7 Å². The number of morpholine rings is 1. The number of ether oxygens (including phenoxy) is 1. The molecule has 0 spiro atoms. The highest BCUT2D eigenvalue weighted by atomic mass is 35.5. The van der Waals surface area contributed by atoms with Crippen LogP contribution in [0.1, 0.15) is 0 Å². The Balaban J connectivity index is 2.07. The van der Waals surface area contributed by atoms with Gasteiger partial charge >= 0.3 is 0 Å². The minimum Gasteiger partial charge on any atom is -0.374 e. The van der Waals surface area contributed by atoms with Crippen LogP contribution in [0, 0.1) is 5.82 Å². The maximum atomic E-state index is 13.7. The molecule has 1 saturated heterocycles. The average molecular weight is 309 g/mol. The Bertz CT molecular complexity index is 547. The first kappa shape index (κ1) is 14.7. The first-order valence-electron chi connectivity index (χ1n) is 5.77. The van der Waals surface area contributed by atoms with Gasteiger partial charge in [0.25, 0.3) is 0 Å². The van der Waals surface area contributed by atoms with Crippen molar-refractivity contribution in [3.8, 4) is 0 Å². The molecule has 5 nitrogen and oxygen atoms in total. The van der Waals surface area contributed by atoms with Gasteiger partial charge in [0, 0.05) is 19.6 Å². The Hall–Kier alpha value is -0.730. The molecule has 1 aromatic carbocycles. The molecule has 0 saturated carbocycles. The molecule has 8 heteroatoms. The lowest BCUT2D eigenvalue weighted by Crippen LogP contribution is -2.45. The van der Waals surface area contributed by atoms with Crippen molar-refractivity contribution in [3.63, 3.8) is 0 Å². The Morgan fingerprint density at radius 1 is 1.53 bits per heavy atom. The molecule has 0 bridgehead atoms. The van der Waals surface area contributed by atoms with E-state index in [4.69, 9.17) is 16.3 Å². The van der Waals surface area contributed by atoms with E-state index >= 15 is 0 Å². The maximum Gasteiger partial charge on any atom is 0.243 e. The van der Waals surface area contributed by atoms with Crippen LogP contribution in [-0.4, -0.2) is 40.8 Å². The minimum absolute atomic E-state index is 0.0846. The molecule has 1 heterocycles. The van der Waals surface area contributed by atoms with Crippen LogP contribution in [0.2, 0.25) is 5.02 Å². The molecule has 0 aromatic heterocycles. The van der Waals surface area contributed by atoms with Gasteiger partial charge < -0.3 is 10.1 Å². The van der Waals surface area contributed by atoms with Gasteiger partial charge in [-0.25, -0.2) is 17.5 Å². The van der Waals surface area contributed by atoms with Crippen molar-refractivity contribution in [2.24, 2.45) is 0 Å². The van der Waals surface area contributed by atoms with Crippen molar-refractivity contribution in [2.45, 2.75) is 11.0 Å². The van der Waals surface area contributed by atoms with E-state index in [-0.39, 0.29) is 17.7 Å². The lowest BCUT2D eigenvalue weighted by atomic mass is 10.3. The van der Waals surface area contributed by atoms with Crippen molar-refractivity contribution in [3.05, 3.63) is 29.0 Å². The second-order valence-electron chi connectivity index (χ2n) is 4.10. The molecule has 1 aliphatic rings. The first-order chi connectivity index (χ1) is 9.00. The molecule has 1 unspecified atom stereocenters. The van der Waals surface area contributed by atoms with E-state index in [1.165, 1.54) is 18.2 Å². The summed E-state index contributed by atoms with van der Waals surface area (Å²) in [5, 5.41) is 2.85. The number of hydrogen-bond donors (Lipinski definition) is 2. The SMILES string of the molecule is O=S(=O)(NCC1CNCCO1)c1cccc(Cl)c1F. The summed E-state index contributed by atoms with van der Waals surface area (Å²) in [5.41, 5.74) is 0. The van der Waals surface area contributed by atoms with Crippen LogP contribution >= 0.6 is 11.6 Å². The van der Waals surface area contributed by atoms with Crippen LogP contribution in [0.3, 0.4) is 0 Å². The highest BCUT2D eigenvalue weighted by molar-refractivity contribution is 7.89. The van der Waals surface area contributed by atoms with Gasteiger partial charge in [0.2, 0.25) is 10.0 Å². The fraction of sp³-hybridized carbons (Fsp3) is 0.455. The van der Waals surface area contributed by atoms with E-state index in [0.717, 1.165) is 6.54 Å². The molecule has 0 radical (unpaired) electrons. The molecule has 1 fully saturated rings. The van der Waals surface area contributed by atoms with Crippen molar-refractivity contribution in [2.75, 3.05) is 26.2 Å². The molecule has 1 aliphatic heterocycles. The van der Waals surface area contributed by atoms with Crippen molar-refractivity contribution in [1.29, 1.82) is 0 Å². The van der Waals surface area contributed by atoms with Crippen LogP contribution in [0.5, 0.6) is 0 Å². The quantitative estimate of drug-likeness (QED) is 0.861. The third kappa shape index (κ3) is 3.64. The number of benzene rings is 1. The molecule has 1 aromatic rings. The molecule has 2 rings (SSSR count). The zero-order valence-corrected chi connectivity index (χ0v) is 11.6. The van der Waals surface area contributed by atoms with Crippen LogP contribution in [0.4, 0.5) is 4.39 Å². The molecule has 0 amide bonds. The lowest BCUT2D eigenvalue weighted by molar-refractivity contribution is 0.0324. The third-order valence-electron chi connectivity index (χ3n) is 2.71. The largest absolute Gasteiger partial charge is 0.374 e. The summed E-state index contributed by atoms with van der Waals surface area (Å²) in [5.74, 6) is -0.945. The minimum atomic E-state index is -3.93. The summed E-state index contributed by atoms with van der Waals surface area (Å²) < 4.78 is 45.3. The smallest absolute Gasteiger partial charge is 0.243 e. The molecule has 1 atom stereocenters. The van der Waals surface area contributed by atoms with Gasteiger partial charge in [-0.05, 0) is 12.1 Å². The molecule has 106 valence electrons. The van der Waals surface area contributed by atoms with E-state index in [1.54, 1.807) is 0 Å². The molecule has 19 heavy (non-hydrogen) atoms. The van der Waals surface area contributed by atoms with Gasteiger partial charge in [-0.15, -0.1) is 0 Å². The normalized spacial score (nSPS) is 20.4. The maximum absolute atomic E-state index is 13.7. The summed E-state index contributed by atoms with van der Waals surface area (Å²) in [6.45, 7) is 1.91. The predicted octanol–water partition coefficient (Wildman–Crippen LogP) is 0.746. The third-order valence-corrected chi connectivity index (χ3v) is 4.44. The summed E-state index contributed by atoms with van der Waals surface area (Å²) >= 11 is 5.57. The van der Waals surface area contributed by atoms with E-state index < -0.39 is 20.7 Å². The Kier molecular flexibility index (Phi) is 4.75. The predicted molar refractivity (Wildman–Crippen MR) is 69.2 cm³/mol. The number of hydrogen-bond acceptors (Lipinski definition) is 4. The van der Waals surface area contributed by atoms with Crippen LogP contribution in [0.15, 0.2) is 23.1 Å². The highest BCUT2D eigenvalue weighted by Crippen LogP contribution is 2.21. The fourth-order valence-corrected chi connectivity index (χ4v) is 3.12. The zero-order valence-electron chi connectivity index (χ0n) is 10.0. The zero-order chi connectivity index (χ0) is 13.9. The first-order valence-corrected chi connectivity index (χ1v) is 7.63. The Labute approximate surface area is 116 Å². The second-order valence-corrected chi connectivity index (χ2v) is 6.24. The van der Waals surface area contributed by atoms with E-state index in [9.17, 15) is 12.8 Å². The molecule has 2 N–H and O–H groups in total. The second kappa shape index (κ2) is 6.15. The van der Waals surface area contributed by atoms with Gasteiger partial charge in [-0.2, -0.15) is 0 Å². The topological polar surface area (TPSA) is 67.4 Å². The van der Waals surface area contributed by atoms with Crippen LogP contribution < -0.4 is 10.0 Å². The van der Waals surface area contributed by atoms with Gasteiger partial charge in [0.1, 0.15) is 4.90 Å². The number of sulfonamides is 1. The van der Waals surface area contributed by atoms with Crippen molar-refractivity contribution in [1.82, 2.24) is 10.0 Å². The van der Waals surface area contributed by atoms with E-state index in [1.807, 2.05) is 0 Å². The van der Waals surface area contributed by atoms with Gasteiger partial charge in [-0.1, -0.05) is 17.7 Å². The van der Waals surface area contributed by atoms with Crippen LogP contribution in [-0.2, 0) is 14.8 Å². The van der Waals surface area contributed by atoms with Crippen molar-refractivity contribution >= 4 is 21.6 Å². The van der Waals surface area contributed by atoms with Crippen molar-refractivity contribution < 1.29 is 17.5 Å². The fourth-order valence-electron chi connectivity index (χ4n) is 1.72. The van der Waals surface area contributed by atoms with E-state index in [0.29, 0.717) is 13.2 Å². The van der Waals surface area contributed by atoms with Crippen LogP contribution in [0.25, 0.3) is 0 Å². The lowest BCUT2D eigenvalue weighted by Gasteiger charge is -2.23. The molecular weight excluding hydrogens is 295 g/mol. The molecular formula is C11H14ClFN2O3S. The molecule has 0 aliphatic carbocycles. The van der Waals surface area contributed by atoms with Gasteiger partial charge in [0.15, 0.2) is 5.82 Å². The number of rotatable bonds is 4. The van der Waals surface area contributed by atoms with Gasteiger partial charge in [-0.3, -0.25) is 0 Å². The van der Waals surface area contributed by atoms with E-state index in [2.05, 4.69) is 10.0 Å². The summed E-state index contributed by atoms with van der Waals surface area (Å²) in [6.07, 6.45) is -0.259.